The van der Waals surface area contributed by atoms with Gasteiger partial charge in [0.05, 0.1) is 17.5 Å². The monoisotopic (exact) mass is 459 g/mol. The summed E-state index contributed by atoms with van der Waals surface area (Å²) in [6.45, 7) is 4.61. The minimum absolute atomic E-state index is 0.0493. The van der Waals surface area contributed by atoms with Crippen LogP contribution in [0.1, 0.15) is 37.9 Å². The van der Waals surface area contributed by atoms with Crippen molar-refractivity contribution in [1.29, 1.82) is 0 Å². The van der Waals surface area contributed by atoms with Crippen LogP contribution in [0.25, 0.3) is 0 Å². The van der Waals surface area contributed by atoms with Crippen LogP contribution in [0.4, 0.5) is 5.69 Å². The molecule has 0 amide bonds. The van der Waals surface area contributed by atoms with Crippen LogP contribution in [0.15, 0.2) is 59.5 Å². The maximum atomic E-state index is 12.8. The second-order valence-electron chi connectivity index (χ2n) is 8.06. The van der Waals surface area contributed by atoms with Gasteiger partial charge in [-0.05, 0) is 61.8 Å². The molecule has 2 aromatic rings. The van der Waals surface area contributed by atoms with Crippen LogP contribution in [0.3, 0.4) is 0 Å². The minimum Gasteiger partial charge on any atom is -0.370 e. The zero-order chi connectivity index (χ0) is 21.8. The molecule has 0 spiro atoms. The van der Waals surface area contributed by atoms with E-state index >= 15 is 0 Å². The molecule has 2 fully saturated rings. The summed E-state index contributed by atoms with van der Waals surface area (Å²) in [5, 5.41) is 3.88. The highest BCUT2D eigenvalue weighted by Crippen LogP contribution is 2.29. The van der Waals surface area contributed by atoms with Gasteiger partial charge in [0.2, 0.25) is 10.0 Å². The van der Waals surface area contributed by atoms with E-state index in [-0.39, 0.29) is 12.1 Å². The van der Waals surface area contributed by atoms with Crippen molar-refractivity contribution in [3.05, 3.63) is 60.2 Å². The van der Waals surface area contributed by atoms with Gasteiger partial charge >= 0.3 is 0 Å². The number of benzene rings is 2. The fourth-order valence-electron chi connectivity index (χ4n) is 4.25. The van der Waals surface area contributed by atoms with E-state index in [0.29, 0.717) is 36.2 Å². The number of piperidine rings is 1. The number of nitrogens with one attached hydrogen (secondary N) is 1. The van der Waals surface area contributed by atoms with Gasteiger partial charge in [-0.3, -0.25) is 0 Å². The summed E-state index contributed by atoms with van der Waals surface area (Å²) in [6, 6.07) is 17.1. The smallest absolute Gasteiger partial charge is 0.243 e. The maximum Gasteiger partial charge on any atom is 0.243 e. The maximum absolute atomic E-state index is 12.8. The molecule has 2 aliphatic heterocycles. The normalized spacial score (nSPS) is 22.8. The molecular formula is C23H29N3O3S2. The lowest BCUT2D eigenvalue weighted by molar-refractivity contribution is -0.0404. The second-order valence-corrected chi connectivity index (χ2v) is 10.4. The average Bonchev–Trinajstić information content (AvgIpc) is 2.80. The quantitative estimate of drug-likeness (QED) is 0.697. The zero-order valence-corrected chi connectivity index (χ0v) is 19.4. The summed E-state index contributed by atoms with van der Waals surface area (Å²) in [7, 11) is -3.43. The number of hydrogen-bond donors (Lipinski definition) is 1. The summed E-state index contributed by atoms with van der Waals surface area (Å²) in [5.74, 6) is 0. The molecule has 1 N–H and O–H groups in total. The van der Waals surface area contributed by atoms with Crippen LogP contribution < -0.4 is 5.32 Å². The Kier molecular flexibility index (Phi) is 6.91. The van der Waals surface area contributed by atoms with Crippen LogP contribution in [0, 0.1) is 0 Å². The van der Waals surface area contributed by atoms with E-state index < -0.39 is 10.0 Å². The lowest BCUT2D eigenvalue weighted by atomic mass is 10.0. The molecule has 2 aromatic carbocycles. The highest BCUT2D eigenvalue weighted by Gasteiger charge is 2.31. The molecule has 2 aliphatic rings. The van der Waals surface area contributed by atoms with Crippen LogP contribution in [-0.4, -0.2) is 55.0 Å². The van der Waals surface area contributed by atoms with Gasteiger partial charge in [0.25, 0.3) is 0 Å². The van der Waals surface area contributed by atoms with E-state index in [1.54, 1.807) is 28.6 Å². The molecule has 166 valence electrons. The average molecular weight is 460 g/mol. The van der Waals surface area contributed by atoms with Crippen molar-refractivity contribution in [3.8, 4) is 0 Å². The lowest BCUT2D eigenvalue weighted by Gasteiger charge is -2.41. The molecule has 31 heavy (non-hydrogen) atoms. The predicted octanol–water partition coefficient (Wildman–Crippen LogP) is 4.02. The minimum atomic E-state index is -3.43. The number of anilines is 1. The zero-order valence-electron chi connectivity index (χ0n) is 17.7. The molecule has 0 saturated carbocycles. The van der Waals surface area contributed by atoms with E-state index in [1.165, 1.54) is 0 Å². The van der Waals surface area contributed by atoms with Crippen LogP contribution in [-0.2, 0) is 14.8 Å². The molecule has 4 rings (SSSR count). The van der Waals surface area contributed by atoms with Crippen molar-refractivity contribution < 1.29 is 13.2 Å². The number of sulfonamides is 1. The van der Waals surface area contributed by atoms with E-state index in [0.717, 1.165) is 30.5 Å². The molecule has 0 bridgehead atoms. The Balaban J connectivity index is 1.42. The Bertz CT molecular complexity index is 990. The largest absolute Gasteiger partial charge is 0.370 e. The third-order valence-electron chi connectivity index (χ3n) is 6.01. The van der Waals surface area contributed by atoms with Gasteiger partial charge in [-0.2, -0.15) is 4.31 Å². The molecular weight excluding hydrogens is 430 g/mol. The van der Waals surface area contributed by atoms with E-state index in [9.17, 15) is 8.42 Å². The molecule has 8 heteroatoms. The van der Waals surface area contributed by atoms with Crippen molar-refractivity contribution in [2.24, 2.45) is 0 Å². The summed E-state index contributed by atoms with van der Waals surface area (Å²) < 4.78 is 33.3. The first kappa shape index (κ1) is 22.2. The fraction of sp³-hybridized carbons (Fsp3) is 0.435. The van der Waals surface area contributed by atoms with Crippen molar-refractivity contribution in [2.75, 3.05) is 31.6 Å². The Labute approximate surface area is 190 Å². The van der Waals surface area contributed by atoms with E-state index in [2.05, 4.69) is 29.3 Å². The van der Waals surface area contributed by atoms with Gasteiger partial charge < -0.3 is 15.0 Å². The van der Waals surface area contributed by atoms with Gasteiger partial charge in [0.1, 0.15) is 6.10 Å². The molecule has 2 atom stereocenters. The number of morpholine rings is 1. The number of hydrogen-bond acceptors (Lipinski definition) is 4. The first-order valence-electron chi connectivity index (χ1n) is 10.8. The third-order valence-corrected chi connectivity index (χ3v) is 8.26. The van der Waals surface area contributed by atoms with Gasteiger partial charge in [-0.15, -0.1) is 0 Å². The first-order chi connectivity index (χ1) is 15.0. The summed E-state index contributed by atoms with van der Waals surface area (Å²) >= 11 is 5.68. The first-order valence-corrected chi connectivity index (χ1v) is 12.7. The molecule has 2 saturated heterocycles. The van der Waals surface area contributed by atoms with Gasteiger partial charge in [-0.25, -0.2) is 8.42 Å². The van der Waals surface area contributed by atoms with Crippen LogP contribution in [0.5, 0.6) is 0 Å². The molecule has 0 radical (unpaired) electrons. The van der Waals surface area contributed by atoms with Crippen LogP contribution in [0.2, 0.25) is 0 Å². The summed E-state index contributed by atoms with van der Waals surface area (Å²) in [6.07, 6.45) is 2.90. The topological polar surface area (TPSA) is 61.9 Å². The highest BCUT2D eigenvalue weighted by molar-refractivity contribution is 7.89. The SMILES string of the molecule is C[C@H]1[C@H](c2ccccc2)OCCN1C(=S)Nc1ccc(S(=O)(=O)N2CCCCC2)cc1. The number of ether oxygens (including phenoxy) is 1. The summed E-state index contributed by atoms with van der Waals surface area (Å²) in [5.41, 5.74) is 1.91. The number of rotatable bonds is 4. The second kappa shape index (κ2) is 9.65. The van der Waals surface area contributed by atoms with E-state index in [4.69, 9.17) is 17.0 Å². The van der Waals surface area contributed by atoms with Crippen molar-refractivity contribution in [2.45, 2.75) is 43.2 Å². The Morgan fingerprint density at radius 2 is 1.68 bits per heavy atom. The predicted molar refractivity (Wildman–Crippen MR) is 127 cm³/mol. The third kappa shape index (κ3) is 4.92. The Morgan fingerprint density at radius 1 is 1.00 bits per heavy atom. The van der Waals surface area contributed by atoms with Crippen molar-refractivity contribution >= 4 is 33.0 Å². The molecule has 6 nitrogen and oxygen atoms in total. The van der Waals surface area contributed by atoms with Gasteiger partial charge in [0, 0.05) is 25.3 Å². The fourth-order valence-corrected chi connectivity index (χ4v) is 6.14. The van der Waals surface area contributed by atoms with Crippen LogP contribution >= 0.6 is 12.2 Å². The molecule has 2 heterocycles. The van der Waals surface area contributed by atoms with Crippen molar-refractivity contribution in [1.82, 2.24) is 9.21 Å². The Morgan fingerprint density at radius 3 is 2.35 bits per heavy atom. The van der Waals surface area contributed by atoms with Gasteiger partial charge in [-0.1, -0.05) is 36.8 Å². The van der Waals surface area contributed by atoms with Crippen molar-refractivity contribution in [3.63, 3.8) is 0 Å². The standard InChI is InChI=1S/C23H29N3O3S2/c1-18-22(19-8-4-2-5-9-19)29-17-16-26(18)23(30)24-20-10-12-21(13-11-20)31(27,28)25-14-6-3-7-15-25/h2,4-5,8-13,18,22H,3,6-7,14-17H2,1H3,(H,24,30)/t18-,22+/m0/s1. The Hall–Kier alpha value is -2.00. The molecule has 0 aliphatic carbocycles. The molecule has 0 aromatic heterocycles. The lowest BCUT2D eigenvalue weighted by Crippen LogP contribution is -2.50. The summed E-state index contributed by atoms with van der Waals surface area (Å²) in [4.78, 5) is 2.46. The number of thiocarbonyl (C=S) groups is 1. The van der Waals surface area contributed by atoms with E-state index in [1.807, 2.05) is 18.2 Å². The highest BCUT2D eigenvalue weighted by atomic mass is 32.2. The number of nitrogens with zero attached hydrogens (tertiary/aromatic N) is 2. The molecule has 0 unspecified atom stereocenters. The van der Waals surface area contributed by atoms with Gasteiger partial charge in [0.15, 0.2) is 5.11 Å².